The number of carbonyl (C=O) groups is 2. The topological polar surface area (TPSA) is 110 Å². The predicted molar refractivity (Wildman–Crippen MR) is 63.5 cm³/mol. The third-order valence-electron chi connectivity index (χ3n) is 3.30. The monoisotopic (exact) mass is 239 g/mol. The van der Waals surface area contributed by atoms with Gasteiger partial charge in [0.1, 0.15) is 5.54 Å². The van der Waals surface area contributed by atoms with Gasteiger partial charge in [-0.05, 0) is 6.42 Å². The van der Waals surface area contributed by atoms with Gasteiger partial charge in [0.25, 0.3) is 0 Å². The lowest BCUT2D eigenvalue weighted by Gasteiger charge is -2.25. The van der Waals surface area contributed by atoms with Crippen LogP contribution in [-0.4, -0.2) is 54.9 Å². The minimum Gasteiger partial charge on any atom is -0.480 e. The van der Waals surface area contributed by atoms with Gasteiger partial charge in [0.15, 0.2) is 0 Å². The molecule has 5 N–H and O–H groups in total. The molecule has 1 aliphatic rings. The quantitative estimate of drug-likeness (QED) is 0.508. The smallest absolute Gasteiger partial charge is 0.325 e. The average Bonchev–Trinajstić information content (AvgIpc) is 2.64. The molecule has 1 rings (SSSR count). The Balaban J connectivity index is 2.79. The molecule has 0 saturated carbocycles. The van der Waals surface area contributed by atoms with Crippen LogP contribution in [0.25, 0.3) is 0 Å². The first-order chi connectivity index (χ1) is 7.95. The molecular formula is C10H18BN3O3. The van der Waals surface area contributed by atoms with Crippen LogP contribution in [0.3, 0.4) is 0 Å². The van der Waals surface area contributed by atoms with E-state index in [1.54, 1.807) is 0 Å². The van der Waals surface area contributed by atoms with Crippen molar-refractivity contribution >= 4 is 19.7 Å². The Morgan fingerprint density at radius 1 is 1.53 bits per heavy atom. The summed E-state index contributed by atoms with van der Waals surface area (Å²) in [6.07, 6.45) is 1.78. The molecule has 1 fully saturated rings. The Kier molecular flexibility index (Phi) is 4.53. The van der Waals surface area contributed by atoms with Crippen molar-refractivity contribution in [1.82, 2.24) is 4.90 Å². The molecule has 2 atom stereocenters. The van der Waals surface area contributed by atoms with Crippen molar-refractivity contribution in [2.45, 2.75) is 24.7 Å². The number of hydrogen-bond donors (Lipinski definition) is 3. The van der Waals surface area contributed by atoms with Gasteiger partial charge >= 0.3 is 5.97 Å². The first kappa shape index (κ1) is 14.0. The number of amides is 1. The molecule has 0 bridgehead atoms. The summed E-state index contributed by atoms with van der Waals surface area (Å²) in [7, 11) is 5.40. The van der Waals surface area contributed by atoms with Crippen molar-refractivity contribution in [3.63, 3.8) is 0 Å². The maximum absolute atomic E-state index is 11.5. The Hall–Kier alpha value is -1.08. The van der Waals surface area contributed by atoms with Crippen LogP contribution in [0.5, 0.6) is 0 Å². The van der Waals surface area contributed by atoms with Crippen LogP contribution in [0.4, 0.5) is 0 Å². The number of carbonyl (C=O) groups excluding carboxylic acids is 1. The van der Waals surface area contributed by atoms with E-state index in [1.807, 2.05) is 0 Å². The van der Waals surface area contributed by atoms with Crippen molar-refractivity contribution in [3.05, 3.63) is 0 Å². The maximum Gasteiger partial charge on any atom is 0.325 e. The summed E-state index contributed by atoms with van der Waals surface area (Å²) >= 11 is 0. The molecule has 0 aromatic heterocycles. The Labute approximate surface area is 102 Å². The van der Waals surface area contributed by atoms with Crippen LogP contribution < -0.4 is 11.5 Å². The Bertz CT molecular complexity index is 313. The zero-order valence-corrected chi connectivity index (χ0v) is 9.76. The molecule has 1 unspecified atom stereocenters. The molecule has 94 valence electrons. The number of nitrogens with zero attached hydrogens (tertiary/aromatic N) is 1. The van der Waals surface area contributed by atoms with E-state index in [1.165, 1.54) is 4.90 Å². The lowest BCUT2D eigenvalue weighted by molar-refractivity contribution is -0.144. The van der Waals surface area contributed by atoms with Crippen LogP contribution in [0.2, 0.25) is 6.32 Å². The highest BCUT2D eigenvalue weighted by molar-refractivity contribution is 6.08. The summed E-state index contributed by atoms with van der Waals surface area (Å²) in [5.74, 6) is -1.61. The van der Waals surface area contributed by atoms with Gasteiger partial charge in [0.2, 0.25) is 5.91 Å². The van der Waals surface area contributed by atoms with Crippen LogP contribution in [-0.2, 0) is 9.59 Å². The van der Waals surface area contributed by atoms with Gasteiger partial charge in [-0.25, -0.2) is 0 Å². The highest BCUT2D eigenvalue weighted by Gasteiger charge is 2.50. The van der Waals surface area contributed by atoms with Crippen molar-refractivity contribution in [2.24, 2.45) is 17.4 Å². The number of aliphatic carboxylic acids is 1. The first-order valence-corrected chi connectivity index (χ1v) is 5.66. The van der Waals surface area contributed by atoms with Gasteiger partial charge in [-0.15, -0.1) is 0 Å². The molecule has 6 nitrogen and oxygen atoms in total. The second-order valence-corrected chi connectivity index (χ2v) is 4.45. The van der Waals surface area contributed by atoms with E-state index >= 15 is 0 Å². The predicted octanol–water partition coefficient (Wildman–Crippen LogP) is -1.45. The Morgan fingerprint density at radius 3 is 2.65 bits per heavy atom. The van der Waals surface area contributed by atoms with Gasteiger partial charge in [-0.3, -0.25) is 9.59 Å². The molecule has 1 saturated heterocycles. The van der Waals surface area contributed by atoms with Crippen LogP contribution >= 0.6 is 0 Å². The molecule has 7 heteroatoms. The molecule has 1 aliphatic heterocycles. The zero-order chi connectivity index (χ0) is 13.1. The number of carboxylic acid groups (broad SMARTS) is 1. The number of likely N-dealkylation sites (tertiary alicyclic amines) is 1. The zero-order valence-electron chi connectivity index (χ0n) is 9.76. The fraction of sp³-hybridized carbons (Fsp3) is 0.800. The number of nitrogens with two attached hydrogens (primary N) is 2. The van der Waals surface area contributed by atoms with E-state index in [4.69, 9.17) is 19.3 Å². The van der Waals surface area contributed by atoms with Gasteiger partial charge in [-0.1, -0.05) is 12.7 Å². The van der Waals surface area contributed by atoms with E-state index in [9.17, 15) is 14.7 Å². The van der Waals surface area contributed by atoms with Gasteiger partial charge in [-0.2, -0.15) is 0 Å². The lowest BCUT2D eigenvalue weighted by atomic mass is 9.83. The maximum atomic E-state index is 11.5. The fourth-order valence-electron chi connectivity index (χ4n) is 2.21. The molecule has 0 aromatic carbocycles. The van der Waals surface area contributed by atoms with Gasteiger partial charge in [0, 0.05) is 19.0 Å². The highest BCUT2D eigenvalue weighted by Crippen LogP contribution is 2.30. The summed E-state index contributed by atoms with van der Waals surface area (Å²) in [5, 5.41) is 9.19. The van der Waals surface area contributed by atoms with Crippen LogP contribution in [0.1, 0.15) is 12.8 Å². The number of carboxylic acids is 1. The minimum absolute atomic E-state index is 0.0214. The first-order valence-electron chi connectivity index (χ1n) is 5.66. The normalized spacial score (nSPS) is 28.4. The van der Waals surface area contributed by atoms with E-state index in [0.717, 1.165) is 0 Å². The third-order valence-corrected chi connectivity index (χ3v) is 3.30. The third kappa shape index (κ3) is 2.78. The molecule has 17 heavy (non-hydrogen) atoms. The molecule has 2 radical (unpaired) electrons. The molecule has 1 heterocycles. The van der Waals surface area contributed by atoms with E-state index in [-0.39, 0.29) is 24.9 Å². The van der Waals surface area contributed by atoms with Crippen molar-refractivity contribution in [3.8, 4) is 0 Å². The van der Waals surface area contributed by atoms with Crippen molar-refractivity contribution < 1.29 is 14.7 Å². The SMILES string of the molecule is [B]CCCC1CN(C(=O)CN)C[C@@]1(N)C(=O)O. The van der Waals surface area contributed by atoms with Crippen molar-refractivity contribution in [1.29, 1.82) is 0 Å². The van der Waals surface area contributed by atoms with Gasteiger partial charge < -0.3 is 21.5 Å². The molecule has 0 spiro atoms. The average molecular weight is 239 g/mol. The van der Waals surface area contributed by atoms with Crippen molar-refractivity contribution in [2.75, 3.05) is 19.6 Å². The standard InChI is InChI=1S/C10H18BN3O3/c11-3-1-2-7-5-14(8(15)4-12)6-10(7,13)9(16)17/h7H,1-6,12-13H2,(H,16,17)/t7?,10-/m0/s1. The summed E-state index contributed by atoms with van der Waals surface area (Å²) in [6.45, 7) is 0.242. The molecule has 1 amide bonds. The summed E-state index contributed by atoms with van der Waals surface area (Å²) < 4.78 is 0. The second-order valence-electron chi connectivity index (χ2n) is 4.45. The molecular weight excluding hydrogens is 221 g/mol. The van der Waals surface area contributed by atoms with Crippen LogP contribution in [0, 0.1) is 5.92 Å². The second kappa shape index (κ2) is 5.51. The van der Waals surface area contributed by atoms with E-state index in [2.05, 4.69) is 0 Å². The lowest BCUT2D eigenvalue weighted by Crippen LogP contribution is -2.55. The molecule has 0 aromatic rings. The van der Waals surface area contributed by atoms with Crippen LogP contribution in [0.15, 0.2) is 0 Å². The Morgan fingerprint density at radius 2 is 2.18 bits per heavy atom. The number of rotatable bonds is 5. The van der Waals surface area contributed by atoms with E-state index in [0.29, 0.717) is 25.7 Å². The minimum atomic E-state index is -1.38. The van der Waals surface area contributed by atoms with Gasteiger partial charge in [0.05, 0.1) is 14.4 Å². The summed E-state index contributed by atoms with van der Waals surface area (Å²) in [5.41, 5.74) is 9.78. The molecule has 0 aliphatic carbocycles. The largest absolute Gasteiger partial charge is 0.480 e. The highest BCUT2D eigenvalue weighted by atomic mass is 16.4. The summed E-state index contributed by atoms with van der Waals surface area (Å²) in [6, 6.07) is 0. The number of hydrogen-bond acceptors (Lipinski definition) is 4. The van der Waals surface area contributed by atoms with E-state index < -0.39 is 11.5 Å². The fourth-order valence-corrected chi connectivity index (χ4v) is 2.21. The summed E-state index contributed by atoms with van der Waals surface area (Å²) in [4.78, 5) is 24.1.